The minimum absolute atomic E-state index is 0.0556. The second kappa shape index (κ2) is 5.56. The van der Waals surface area contributed by atoms with E-state index < -0.39 is 17.9 Å². The molecule has 0 heterocycles. The van der Waals surface area contributed by atoms with Gasteiger partial charge in [0, 0.05) is 0 Å². The van der Waals surface area contributed by atoms with Gasteiger partial charge in [0.1, 0.15) is 0 Å². The molecular formula is C9H16O4. The molecule has 0 unspecified atom stereocenters. The van der Waals surface area contributed by atoms with Gasteiger partial charge in [0.05, 0.1) is 14.2 Å². The Morgan fingerprint density at radius 1 is 1.15 bits per heavy atom. The lowest BCUT2D eigenvalue weighted by atomic mass is 9.92. The van der Waals surface area contributed by atoms with Gasteiger partial charge in [0.25, 0.3) is 0 Å². The largest absolute Gasteiger partial charge is 0.468 e. The van der Waals surface area contributed by atoms with Gasteiger partial charge in [0.2, 0.25) is 0 Å². The van der Waals surface area contributed by atoms with Gasteiger partial charge in [-0.25, -0.2) is 0 Å². The van der Waals surface area contributed by atoms with Crippen LogP contribution < -0.4 is 0 Å². The van der Waals surface area contributed by atoms with Gasteiger partial charge in [0.15, 0.2) is 5.92 Å². The average Bonchev–Trinajstić information content (AvgIpc) is 2.16. The maximum absolute atomic E-state index is 11.2. The summed E-state index contributed by atoms with van der Waals surface area (Å²) in [5.41, 5.74) is 0. The van der Waals surface area contributed by atoms with Crippen molar-refractivity contribution in [2.75, 3.05) is 14.2 Å². The predicted octanol–water partition coefficient (Wildman–Crippen LogP) is 0.995. The van der Waals surface area contributed by atoms with Crippen LogP contribution in [0.3, 0.4) is 0 Å². The van der Waals surface area contributed by atoms with Crippen molar-refractivity contribution in [3.8, 4) is 0 Å². The molecule has 4 heteroatoms. The van der Waals surface area contributed by atoms with Gasteiger partial charge in [-0.1, -0.05) is 20.3 Å². The van der Waals surface area contributed by atoms with Crippen molar-refractivity contribution < 1.29 is 19.1 Å². The standard InChI is InChI=1S/C9H16O4/c1-5-6(2)7(8(10)12-3)9(11)13-4/h6-7H,5H2,1-4H3/t6-/m0/s1. The quantitative estimate of drug-likeness (QED) is 0.487. The number of hydrogen-bond donors (Lipinski definition) is 0. The minimum atomic E-state index is -0.792. The smallest absolute Gasteiger partial charge is 0.320 e. The average molecular weight is 188 g/mol. The first-order valence-corrected chi connectivity index (χ1v) is 4.24. The lowest BCUT2D eigenvalue weighted by Gasteiger charge is -2.17. The van der Waals surface area contributed by atoms with Crippen LogP contribution in [0.25, 0.3) is 0 Å². The Morgan fingerprint density at radius 2 is 1.54 bits per heavy atom. The summed E-state index contributed by atoms with van der Waals surface area (Å²) in [6, 6.07) is 0. The van der Waals surface area contributed by atoms with E-state index in [1.54, 1.807) is 0 Å². The fourth-order valence-electron chi connectivity index (χ4n) is 1.05. The molecule has 0 radical (unpaired) electrons. The Kier molecular flexibility index (Phi) is 5.11. The van der Waals surface area contributed by atoms with E-state index in [0.717, 1.165) is 6.42 Å². The minimum Gasteiger partial charge on any atom is -0.468 e. The third-order valence-electron chi connectivity index (χ3n) is 2.12. The summed E-state index contributed by atoms with van der Waals surface area (Å²) >= 11 is 0. The molecule has 13 heavy (non-hydrogen) atoms. The number of methoxy groups -OCH3 is 2. The van der Waals surface area contributed by atoms with E-state index in [0.29, 0.717) is 0 Å². The predicted molar refractivity (Wildman–Crippen MR) is 47.0 cm³/mol. The van der Waals surface area contributed by atoms with Crippen LogP contribution in [0.1, 0.15) is 20.3 Å². The normalized spacial score (nSPS) is 12.4. The van der Waals surface area contributed by atoms with Crippen molar-refractivity contribution in [1.82, 2.24) is 0 Å². The van der Waals surface area contributed by atoms with Crippen LogP contribution >= 0.6 is 0 Å². The molecule has 0 aliphatic rings. The summed E-state index contributed by atoms with van der Waals surface area (Å²) in [7, 11) is 2.53. The fourth-order valence-corrected chi connectivity index (χ4v) is 1.05. The molecule has 1 atom stereocenters. The topological polar surface area (TPSA) is 52.6 Å². The lowest BCUT2D eigenvalue weighted by Crippen LogP contribution is -2.31. The molecule has 0 spiro atoms. The number of carbonyl (C=O) groups excluding carboxylic acids is 2. The highest BCUT2D eigenvalue weighted by atomic mass is 16.5. The zero-order valence-corrected chi connectivity index (χ0v) is 8.49. The number of esters is 2. The number of rotatable bonds is 4. The Hall–Kier alpha value is -1.06. The van der Waals surface area contributed by atoms with Crippen molar-refractivity contribution in [1.29, 1.82) is 0 Å². The summed E-state index contributed by atoms with van der Waals surface area (Å²) in [5, 5.41) is 0. The molecule has 0 aromatic heterocycles. The fraction of sp³-hybridized carbons (Fsp3) is 0.778. The van der Waals surface area contributed by atoms with E-state index in [1.165, 1.54) is 14.2 Å². The van der Waals surface area contributed by atoms with Gasteiger partial charge in [-0.15, -0.1) is 0 Å². The monoisotopic (exact) mass is 188 g/mol. The molecule has 0 amide bonds. The molecule has 0 aromatic rings. The van der Waals surface area contributed by atoms with Gasteiger partial charge in [-0.05, 0) is 5.92 Å². The Morgan fingerprint density at radius 3 is 1.77 bits per heavy atom. The van der Waals surface area contributed by atoms with E-state index in [1.807, 2.05) is 13.8 Å². The molecule has 0 aliphatic heterocycles. The second-order valence-electron chi connectivity index (χ2n) is 2.91. The molecule has 0 aromatic carbocycles. The van der Waals surface area contributed by atoms with Crippen molar-refractivity contribution in [3.05, 3.63) is 0 Å². The van der Waals surface area contributed by atoms with E-state index in [-0.39, 0.29) is 5.92 Å². The first kappa shape index (κ1) is 11.9. The Balaban J connectivity index is 4.54. The molecule has 0 fully saturated rings. The SMILES string of the molecule is CC[C@H](C)C(C(=O)OC)C(=O)OC. The number of ether oxygens (including phenoxy) is 2. The Bertz CT molecular complexity index is 172. The summed E-state index contributed by atoms with van der Waals surface area (Å²) in [6.45, 7) is 3.72. The van der Waals surface area contributed by atoms with Crippen molar-refractivity contribution >= 4 is 11.9 Å². The summed E-state index contributed by atoms with van der Waals surface area (Å²) in [4.78, 5) is 22.4. The molecule has 0 N–H and O–H groups in total. The zero-order valence-electron chi connectivity index (χ0n) is 8.49. The van der Waals surface area contributed by atoms with Crippen LogP contribution in [0.5, 0.6) is 0 Å². The molecule has 0 saturated heterocycles. The van der Waals surface area contributed by atoms with Crippen LogP contribution in [0.4, 0.5) is 0 Å². The van der Waals surface area contributed by atoms with Gasteiger partial charge in [-0.2, -0.15) is 0 Å². The van der Waals surface area contributed by atoms with Crippen molar-refractivity contribution in [2.45, 2.75) is 20.3 Å². The molecule has 4 nitrogen and oxygen atoms in total. The van der Waals surface area contributed by atoms with Crippen LogP contribution in [-0.4, -0.2) is 26.2 Å². The van der Waals surface area contributed by atoms with E-state index in [2.05, 4.69) is 9.47 Å². The van der Waals surface area contributed by atoms with Crippen LogP contribution in [0.15, 0.2) is 0 Å². The highest BCUT2D eigenvalue weighted by Crippen LogP contribution is 2.17. The van der Waals surface area contributed by atoms with Crippen LogP contribution in [-0.2, 0) is 19.1 Å². The lowest BCUT2D eigenvalue weighted by molar-refractivity contribution is -0.161. The summed E-state index contributed by atoms with van der Waals surface area (Å²) < 4.78 is 9.04. The van der Waals surface area contributed by atoms with E-state index in [9.17, 15) is 9.59 Å². The van der Waals surface area contributed by atoms with Gasteiger partial charge in [-0.3, -0.25) is 9.59 Å². The van der Waals surface area contributed by atoms with E-state index in [4.69, 9.17) is 0 Å². The number of carbonyl (C=O) groups is 2. The summed E-state index contributed by atoms with van der Waals surface area (Å²) in [5.74, 6) is -1.90. The van der Waals surface area contributed by atoms with Crippen LogP contribution in [0.2, 0.25) is 0 Å². The van der Waals surface area contributed by atoms with Crippen molar-refractivity contribution in [3.63, 3.8) is 0 Å². The highest BCUT2D eigenvalue weighted by Gasteiger charge is 2.32. The maximum atomic E-state index is 11.2. The third kappa shape index (κ3) is 3.05. The van der Waals surface area contributed by atoms with Gasteiger partial charge < -0.3 is 9.47 Å². The molecule has 76 valence electrons. The molecule has 0 rings (SSSR count). The zero-order chi connectivity index (χ0) is 10.4. The Labute approximate surface area is 78.2 Å². The van der Waals surface area contributed by atoms with Crippen LogP contribution in [0, 0.1) is 11.8 Å². The molecule has 0 saturated carbocycles. The first-order chi connectivity index (χ1) is 6.08. The second-order valence-corrected chi connectivity index (χ2v) is 2.91. The molecule has 0 bridgehead atoms. The summed E-state index contributed by atoms with van der Waals surface area (Å²) in [6.07, 6.45) is 0.731. The van der Waals surface area contributed by atoms with Gasteiger partial charge >= 0.3 is 11.9 Å². The van der Waals surface area contributed by atoms with Crippen molar-refractivity contribution in [2.24, 2.45) is 11.8 Å². The molecule has 0 aliphatic carbocycles. The van der Waals surface area contributed by atoms with E-state index >= 15 is 0 Å². The highest BCUT2D eigenvalue weighted by molar-refractivity contribution is 5.95. The number of hydrogen-bond acceptors (Lipinski definition) is 4. The third-order valence-corrected chi connectivity index (χ3v) is 2.12. The maximum Gasteiger partial charge on any atom is 0.320 e. The molecular weight excluding hydrogens is 172 g/mol. The first-order valence-electron chi connectivity index (χ1n) is 4.24.